The smallest absolute Gasteiger partial charge is 0.248 e. The minimum Gasteiger partial charge on any atom is -0.454 e. The van der Waals surface area contributed by atoms with Crippen LogP contribution in [0.5, 0.6) is 11.5 Å². The van der Waals surface area contributed by atoms with Gasteiger partial charge >= 0.3 is 0 Å². The van der Waals surface area contributed by atoms with Crippen molar-refractivity contribution in [1.29, 1.82) is 0 Å². The molecule has 2 heterocycles. The highest BCUT2D eigenvalue weighted by Gasteiger charge is 2.23. The predicted molar refractivity (Wildman–Crippen MR) is 71.8 cm³/mol. The summed E-state index contributed by atoms with van der Waals surface area (Å²) >= 11 is 0. The Kier molecular flexibility index (Phi) is 3.75. The number of hydrogen-bond donors (Lipinski definition) is 1. The zero-order valence-corrected chi connectivity index (χ0v) is 11.4. The van der Waals surface area contributed by atoms with Crippen molar-refractivity contribution >= 4 is 5.91 Å². The van der Waals surface area contributed by atoms with Gasteiger partial charge in [0.2, 0.25) is 12.7 Å². The third kappa shape index (κ3) is 2.57. The van der Waals surface area contributed by atoms with Crippen LogP contribution in [0.25, 0.3) is 0 Å². The van der Waals surface area contributed by atoms with Gasteiger partial charge in [0, 0.05) is 19.1 Å². The van der Waals surface area contributed by atoms with Crippen LogP contribution in [0, 0.1) is 0 Å². The van der Waals surface area contributed by atoms with Crippen molar-refractivity contribution in [3.05, 3.63) is 23.8 Å². The van der Waals surface area contributed by atoms with E-state index in [0.29, 0.717) is 19.7 Å². The molecule has 20 heavy (non-hydrogen) atoms. The molecule has 1 aromatic carbocycles. The van der Waals surface area contributed by atoms with Crippen LogP contribution in [0.4, 0.5) is 0 Å². The quantitative estimate of drug-likeness (QED) is 0.871. The van der Waals surface area contributed by atoms with Gasteiger partial charge < -0.3 is 24.4 Å². The lowest BCUT2D eigenvalue weighted by atomic mass is 10.1. The zero-order valence-electron chi connectivity index (χ0n) is 11.4. The molecule has 1 N–H and O–H groups in total. The molecule has 2 aliphatic heterocycles. The summed E-state index contributed by atoms with van der Waals surface area (Å²) in [6, 6.07) is 5.93. The van der Waals surface area contributed by atoms with Gasteiger partial charge in [0.15, 0.2) is 11.5 Å². The third-order valence-electron chi connectivity index (χ3n) is 3.63. The molecule has 1 amide bonds. The van der Waals surface area contributed by atoms with E-state index in [-0.39, 0.29) is 25.3 Å². The maximum absolute atomic E-state index is 11.8. The summed E-state index contributed by atoms with van der Waals surface area (Å²) in [6.07, 6.45) is 0. The van der Waals surface area contributed by atoms with Crippen molar-refractivity contribution in [2.45, 2.75) is 6.04 Å². The number of amides is 1. The second-order valence-electron chi connectivity index (χ2n) is 4.85. The lowest BCUT2D eigenvalue weighted by Gasteiger charge is -2.30. The van der Waals surface area contributed by atoms with Crippen molar-refractivity contribution in [2.75, 3.05) is 40.1 Å². The highest BCUT2D eigenvalue weighted by Crippen LogP contribution is 2.34. The number of hydrogen-bond acceptors (Lipinski definition) is 5. The molecular weight excluding hydrogens is 260 g/mol. The van der Waals surface area contributed by atoms with Crippen LogP contribution in [-0.2, 0) is 9.53 Å². The summed E-state index contributed by atoms with van der Waals surface area (Å²) in [5.41, 5.74) is 1.08. The van der Waals surface area contributed by atoms with Gasteiger partial charge in [-0.1, -0.05) is 6.07 Å². The molecule has 1 saturated heterocycles. The number of carbonyl (C=O) groups is 1. The van der Waals surface area contributed by atoms with Crippen LogP contribution in [0.3, 0.4) is 0 Å². The van der Waals surface area contributed by atoms with Crippen molar-refractivity contribution in [2.24, 2.45) is 0 Å². The molecule has 0 aliphatic carbocycles. The molecule has 0 bridgehead atoms. The fraction of sp³-hybridized carbons (Fsp3) is 0.500. The Morgan fingerprint density at radius 1 is 1.35 bits per heavy atom. The minimum absolute atomic E-state index is 0.0391. The molecule has 3 rings (SSSR count). The molecule has 0 radical (unpaired) electrons. The Morgan fingerprint density at radius 3 is 3.00 bits per heavy atom. The molecule has 0 saturated carbocycles. The average molecular weight is 278 g/mol. The molecule has 2 aliphatic rings. The fourth-order valence-corrected chi connectivity index (χ4v) is 2.46. The number of benzene rings is 1. The van der Waals surface area contributed by atoms with Gasteiger partial charge in [0.05, 0.1) is 6.61 Å². The van der Waals surface area contributed by atoms with Gasteiger partial charge in [-0.05, 0) is 24.7 Å². The molecule has 108 valence electrons. The first-order valence-corrected chi connectivity index (χ1v) is 6.70. The van der Waals surface area contributed by atoms with Gasteiger partial charge in [-0.15, -0.1) is 0 Å². The van der Waals surface area contributed by atoms with E-state index in [1.165, 1.54) is 0 Å². The Hall–Kier alpha value is -1.79. The molecular formula is C14H18N2O4. The monoisotopic (exact) mass is 278 g/mol. The lowest BCUT2D eigenvalue weighted by molar-refractivity contribution is -0.143. The van der Waals surface area contributed by atoms with E-state index in [4.69, 9.17) is 14.2 Å². The molecule has 0 spiro atoms. The number of likely N-dealkylation sites (N-methyl/N-ethyl adjacent to an activating group) is 1. The van der Waals surface area contributed by atoms with E-state index in [9.17, 15) is 4.79 Å². The Morgan fingerprint density at radius 2 is 2.20 bits per heavy atom. The van der Waals surface area contributed by atoms with Crippen LogP contribution in [0.15, 0.2) is 18.2 Å². The van der Waals surface area contributed by atoms with Crippen LogP contribution >= 0.6 is 0 Å². The number of carbonyl (C=O) groups excluding carboxylic acids is 1. The maximum Gasteiger partial charge on any atom is 0.248 e. The van der Waals surface area contributed by atoms with Gasteiger partial charge in [-0.3, -0.25) is 4.79 Å². The summed E-state index contributed by atoms with van der Waals surface area (Å²) in [4.78, 5) is 13.6. The van der Waals surface area contributed by atoms with E-state index in [1.807, 2.05) is 30.1 Å². The van der Waals surface area contributed by atoms with Crippen LogP contribution in [0.2, 0.25) is 0 Å². The van der Waals surface area contributed by atoms with Crippen LogP contribution in [0.1, 0.15) is 11.6 Å². The van der Waals surface area contributed by atoms with E-state index in [0.717, 1.165) is 17.1 Å². The number of rotatable bonds is 4. The number of nitrogens with one attached hydrogen (secondary N) is 1. The highest BCUT2D eigenvalue weighted by molar-refractivity contribution is 5.78. The average Bonchev–Trinajstić information content (AvgIpc) is 2.94. The van der Waals surface area contributed by atoms with Gasteiger partial charge in [0.25, 0.3) is 0 Å². The fourth-order valence-electron chi connectivity index (χ4n) is 2.46. The largest absolute Gasteiger partial charge is 0.454 e. The zero-order chi connectivity index (χ0) is 13.9. The minimum atomic E-state index is 0.0391. The summed E-state index contributed by atoms with van der Waals surface area (Å²) in [5.74, 6) is 1.57. The standard InChI is InChI=1S/C14H18N2O4/c1-15-11(7-16-4-5-18-8-14(16)17)10-2-3-12-13(6-10)20-9-19-12/h2-3,6,11,15H,4-5,7-9H2,1H3. The lowest BCUT2D eigenvalue weighted by Crippen LogP contribution is -2.45. The molecule has 0 aromatic heterocycles. The van der Waals surface area contributed by atoms with E-state index >= 15 is 0 Å². The Labute approximate surface area is 117 Å². The van der Waals surface area contributed by atoms with Crippen LogP contribution in [-0.4, -0.2) is 51.0 Å². The normalized spacial score (nSPS) is 19.2. The number of nitrogens with zero attached hydrogens (tertiary/aromatic N) is 1. The number of ether oxygens (including phenoxy) is 3. The van der Waals surface area contributed by atoms with Gasteiger partial charge in [-0.25, -0.2) is 0 Å². The first-order valence-electron chi connectivity index (χ1n) is 6.70. The van der Waals surface area contributed by atoms with Crippen molar-refractivity contribution < 1.29 is 19.0 Å². The van der Waals surface area contributed by atoms with Gasteiger partial charge in [-0.2, -0.15) is 0 Å². The van der Waals surface area contributed by atoms with E-state index in [2.05, 4.69) is 5.32 Å². The number of morpholine rings is 1. The SMILES string of the molecule is CNC(CN1CCOCC1=O)c1ccc2c(c1)OCO2. The molecule has 1 fully saturated rings. The maximum atomic E-state index is 11.8. The first kappa shape index (κ1) is 13.2. The molecule has 1 atom stereocenters. The summed E-state index contributed by atoms with van der Waals surface area (Å²) in [7, 11) is 1.89. The highest BCUT2D eigenvalue weighted by atomic mass is 16.7. The topological polar surface area (TPSA) is 60.0 Å². The second kappa shape index (κ2) is 5.68. The van der Waals surface area contributed by atoms with E-state index < -0.39 is 0 Å². The predicted octanol–water partition coefficient (Wildman–Crippen LogP) is 0.535. The van der Waals surface area contributed by atoms with Crippen molar-refractivity contribution in [1.82, 2.24) is 10.2 Å². The summed E-state index contributed by atoms with van der Waals surface area (Å²) in [6.45, 7) is 2.31. The number of fused-ring (bicyclic) bond motifs is 1. The van der Waals surface area contributed by atoms with Crippen LogP contribution < -0.4 is 14.8 Å². The molecule has 6 heteroatoms. The molecule has 6 nitrogen and oxygen atoms in total. The Balaban J connectivity index is 1.74. The van der Waals surface area contributed by atoms with Crippen molar-refractivity contribution in [3.8, 4) is 11.5 Å². The van der Waals surface area contributed by atoms with Gasteiger partial charge in [0.1, 0.15) is 6.61 Å². The summed E-state index contributed by atoms with van der Waals surface area (Å²) in [5, 5.41) is 3.25. The molecule has 1 unspecified atom stereocenters. The van der Waals surface area contributed by atoms with Crippen molar-refractivity contribution in [3.63, 3.8) is 0 Å². The van der Waals surface area contributed by atoms with E-state index in [1.54, 1.807) is 0 Å². The molecule has 1 aromatic rings. The second-order valence-corrected chi connectivity index (χ2v) is 4.85. The Bertz CT molecular complexity index is 506. The first-order chi connectivity index (χ1) is 9.78. The summed E-state index contributed by atoms with van der Waals surface area (Å²) < 4.78 is 15.8. The third-order valence-corrected chi connectivity index (χ3v) is 3.63.